The molecule has 1 aliphatic carbocycles. The van der Waals surface area contributed by atoms with Crippen LogP contribution in [-0.2, 0) is 0 Å². The van der Waals surface area contributed by atoms with E-state index in [4.69, 9.17) is 0 Å². The van der Waals surface area contributed by atoms with Crippen LogP contribution in [0.3, 0.4) is 0 Å². The van der Waals surface area contributed by atoms with Crippen molar-refractivity contribution in [2.24, 2.45) is 0 Å². The number of ketones is 2. The van der Waals surface area contributed by atoms with Gasteiger partial charge in [0.1, 0.15) is 0 Å². The number of carbonyl (C=O) groups excluding carboxylic acids is 2. The molecule has 0 saturated carbocycles. The van der Waals surface area contributed by atoms with Crippen LogP contribution in [0.1, 0.15) is 26.3 Å². The van der Waals surface area contributed by atoms with E-state index in [2.05, 4.69) is 53.4 Å². The first-order valence-electron chi connectivity index (χ1n) is 12.9. The summed E-state index contributed by atoms with van der Waals surface area (Å²) in [5.74, 6) is -0.436. The first kappa shape index (κ1) is 22.9. The predicted molar refractivity (Wildman–Crippen MR) is 159 cm³/mol. The van der Waals surface area contributed by atoms with Gasteiger partial charge in [0.2, 0.25) is 0 Å². The van der Waals surface area contributed by atoms with Gasteiger partial charge in [0.15, 0.2) is 11.6 Å². The maximum Gasteiger partial charge on any atom is 0.197 e. The molecule has 3 heteroatoms. The maximum absolute atomic E-state index is 13.4. The Balaban J connectivity index is 1.24. The van der Waals surface area contributed by atoms with Gasteiger partial charge in [-0.1, -0.05) is 72.8 Å². The minimum atomic E-state index is -0.218. The fraction of sp³-hybridized carbons (Fsp3) is 0. The Morgan fingerprint density at radius 3 is 1.36 bits per heavy atom. The average molecular weight is 502 g/mol. The fourth-order valence-electron chi connectivity index (χ4n) is 5.38. The number of hydrogen-bond donors (Lipinski definition) is 0. The number of Topliss-reactive ketones (excluding diaryl/α,β-unsaturated/α-hetero) is 2. The zero-order chi connectivity index (χ0) is 26.3. The van der Waals surface area contributed by atoms with Crippen LogP contribution in [0.2, 0.25) is 0 Å². The molecule has 0 aliphatic heterocycles. The Bertz CT molecular complexity index is 1810. The lowest BCUT2D eigenvalue weighted by Crippen LogP contribution is -2.09. The second-order valence-electron chi connectivity index (χ2n) is 9.76. The molecular weight excluding hydrogens is 478 g/mol. The van der Waals surface area contributed by atoms with Crippen molar-refractivity contribution >= 4 is 56.2 Å². The second kappa shape index (κ2) is 9.23. The van der Waals surface area contributed by atoms with Gasteiger partial charge in [-0.2, -0.15) is 0 Å². The van der Waals surface area contributed by atoms with Crippen molar-refractivity contribution in [3.63, 3.8) is 0 Å². The molecule has 0 fully saturated rings. The molecule has 184 valence electrons. The van der Waals surface area contributed by atoms with E-state index in [-0.39, 0.29) is 17.1 Å². The number of benzene rings is 6. The Morgan fingerprint density at radius 2 is 0.872 bits per heavy atom. The van der Waals surface area contributed by atoms with Crippen molar-refractivity contribution in [2.75, 3.05) is 4.90 Å². The molecule has 0 heterocycles. The van der Waals surface area contributed by atoms with Crippen LogP contribution in [0, 0.1) is 0 Å². The highest BCUT2D eigenvalue weighted by Gasteiger charge is 2.33. The van der Waals surface area contributed by atoms with E-state index in [0.717, 1.165) is 44.2 Å². The van der Waals surface area contributed by atoms with Gasteiger partial charge < -0.3 is 4.90 Å². The van der Waals surface area contributed by atoms with Crippen LogP contribution >= 0.6 is 0 Å². The van der Waals surface area contributed by atoms with E-state index in [0.29, 0.717) is 11.1 Å². The van der Waals surface area contributed by atoms with Gasteiger partial charge in [-0.25, -0.2) is 0 Å². The predicted octanol–water partition coefficient (Wildman–Crippen LogP) is 8.93. The first-order chi connectivity index (χ1) is 19.2. The summed E-state index contributed by atoms with van der Waals surface area (Å²) < 4.78 is 0. The Labute approximate surface area is 226 Å². The quantitative estimate of drug-likeness (QED) is 0.137. The molecule has 7 rings (SSSR count). The molecule has 0 saturated heterocycles. The van der Waals surface area contributed by atoms with Gasteiger partial charge >= 0.3 is 0 Å². The lowest BCUT2D eigenvalue weighted by atomic mass is 9.99. The van der Waals surface area contributed by atoms with Crippen LogP contribution in [0.4, 0.5) is 17.1 Å². The number of carbonyl (C=O) groups is 2. The average Bonchev–Trinajstić information content (AvgIpc) is 3.21. The lowest BCUT2D eigenvalue weighted by Gasteiger charge is -2.25. The molecule has 0 amide bonds. The van der Waals surface area contributed by atoms with Crippen LogP contribution in [-0.4, -0.2) is 11.6 Å². The van der Waals surface area contributed by atoms with Crippen LogP contribution in [0.5, 0.6) is 0 Å². The normalized spacial score (nSPS) is 12.7. The molecular formula is C36H23NO2. The summed E-state index contributed by atoms with van der Waals surface area (Å²) in [6, 6.07) is 44.3. The highest BCUT2D eigenvalue weighted by molar-refractivity contribution is 6.42. The zero-order valence-electron chi connectivity index (χ0n) is 21.0. The van der Waals surface area contributed by atoms with Crippen LogP contribution in [0.25, 0.3) is 27.6 Å². The van der Waals surface area contributed by atoms with E-state index in [1.54, 1.807) is 6.08 Å². The summed E-state index contributed by atoms with van der Waals surface area (Å²) in [5.41, 5.74) is 5.05. The number of nitrogens with zero attached hydrogens (tertiary/aromatic N) is 1. The second-order valence-corrected chi connectivity index (χ2v) is 9.76. The number of hydrogen-bond acceptors (Lipinski definition) is 3. The minimum Gasteiger partial charge on any atom is -0.311 e. The summed E-state index contributed by atoms with van der Waals surface area (Å²) in [4.78, 5) is 28.9. The summed E-state index contributed by atoms with van der Waals surface area (Å²) in [7, 11) is 0. The Morgan fingerprint density at radius 1 is 0.436 bits per heavy atom. The standard InChI is InChI=1S/C36H23NO2/c38-35-32-22-27-20-25-9-7-8-10-26(25)21-28(27)23-33(32)36(39)34(35)19-24-15-17-31(18-16-24)37(29-11-3-1-4-12-29)30-13-5-2-6-14-30/h1-23H. The number of rotatable bonds is 4. The molecule has 0 radical (unpaired) electrons. The summed E-state index contributed by atoms with van der Waals surface area (Å²) in [6.07, 6.45) is 1.71. The van der Waals surface area contributed by atoms with Crippen LogP contribution < -0.4 is 4.90 Å². The third-order valence-electron chi connectivity index (χ3n) is 7.31. The fourth-order valence-corrected chi connectivity index (χ4v) is 5.38. The van der Waals surface area contributed by atoms with Crippen LogP contribution in [0.15, 0.2) is 139 Å². The van der Waals surface area contributed by atoms with Crippen molar-refractivity contribution in [3.05, 3.63) is 156 Å². The highest BCUT2D eigenvalue weighted by atomic mass is 16.2. The van der Waals surface area contributed by atoms with Crippen molar-refractivity contribution < 1.29 is 9.59 Å². The SMILES string of the molecule is O=C1C(=Cc2ccc(N(c3ccccc3)c3ccccc3)cc2)C(=O)c2cc3cc4ccccc4cc3cc21. The molecule has 0 bridgehead atoms. The van der Waals surface area contributed by atoms with E-state index in [1.165, 1.54) is 0 Å². The van der Waals surface area contributed by atoms with Gasteiger partial charge in [0, 0.05) is 28.2 Å². The van der Waals surface area contributed by atoms with Gasteiger partial charge in [0.05, 0.1) is 5.57 Å². The monoisotopic (exact) mass is 501 g/mol. The third kappa shape index (κ3) is 4.01. The molecule has 3 nitrogen and oxygen atoms in total. The highest BCUT2D eigenvalue weighted by Crippen LogP contribution is 2.36. The molecule has 0 aromatic heterocycles. The molecule has 0 unspecified atom stereocenters. The summed E-state index contributed by atoms with van der Waals surface area (Å²) in [5, 5.41) is 4.14. The summed E-state index contributed by atoms with van der Waals surface area (Å²) >= 11 is 0. The number of para-hydroxylation sites is 2. The zero-order valence-corrected chi connectivity index (χ0v) is 21.0. The van der Waals surface area contributed by atoms with Crippen molar-refractivity contribution in [1.82, 2.24) is 0 Å². The maximum atomic E-state index is 13.4. The summed E-state index contributed by atoms with van der Waals surface area (Å²) in [6.45, 7) is 0. The van der Waals surface area contributed by atoms with E-state index in [1.807, 2.05) is 84.9 Å². The number of anilines is 3. The van der Waals surface area contributed by atoms with E-state index < -0.39 is 0 Å². The van der Waals surface area contributed by atoms with E-state index >= 15 is 0 Å². The largest absolute Gasteiger partial charge is 0.311 e. The van der Waals surface area contributed by atoms with Gasteiger partial charge in [-0.3, -0.25) is 9.59 Å². The molecule has 1 aliphatic rings. The van der Waals surface area contributed by atoms with Crippen molar-refractivity contribution in [2.45, 2.75) is 0 Å². The Kier molecular flexibility index (Phi) is 5.42. The topological polar surface area (TPSA) is 37.4 Å². The molecule has 39 heavy (non-hydrogen) atoms. The van der Waals surface area contributed by atoms with Gasteiger partial charge in [0.25, 0.3) is 0 Å². The third-order valence-corrected chi connectivity index (χ3v) is 7.31. The van der Waals surface area contributed by atoms with Gasteiger partial charge in [-0.15, -0.1) is 0 Å². The molecule has 0 spiro atoms. The Hall–Kier alpha value is -5.28. The first-order valence-corrected chi connectivity index (χ1v) is 12.9. The number of fused-ring (bicyclic) bond motifs is 3. The smallest absolute Gasteiger partial charge is 0.197 e. The van der Waals surface area contributed by atoms with Crippen molar-refractivity contribution in [3.8, 4) is 0 Å². The van der Waals surface area contributed by atoms with Crippen molar-refractivity contribution in [1.29, 1.82) is 0 Å². The molecule has 0 atom stereocenters. The number of allylic oxidation sites excluding steroid dienone is 1. The minimum absolute atomic E-state index is 0.209. The van der Waals surface area contributed by atoms with Gasteiger partial charge in [-0.05, 0) is 93.8 Å². The lowest BCUT2D eigenvalue weighted by molar-refractivity contribution is 0.0990. The van der Waals surface area contributed by atoms with E-state index in [9.17, 15) is 9.59 Å². The molecule has 6 aromatic rings. The molecule has 0 N–H and O–H groups in total. The molecule has 6 aromatic carbocycles.